The minimum atomic E-state index is -4.47. The number of phenols is 1. The van der Waals surface area contributed by atoms with Gasteiger partial charge in [0.15, 0.2) is 11.6 Å². The molecule has 122 valence electrons. The van der Waals surface area contributed by atoms with Gasteiger partial charge in [0.2, 0.25) is 0 Å². The number of hydrogen-bond donors (Lipinski definition) is 2. The fourth-order valence-electron chi connectivity index (χ4n) is 1.69. The maximum Gasteiger partial charge on any atom is 0.262 e. The van der Waals surface area contributed by atoms with Gasteiger partial charge in [-0.15, -0.1) is 0 Å². The van der Waals surface area contributed by atoms with Crippen molar-refractivity contribution in [1.29, 1.82) is 0 Å². The van der Waals surface area contributed by atoms with E-state index < -0.39 is 10.1 Å². The van der Waals surface area contributed by atoms with Crippen LogP contribution in [-0.4, -0.2) is 34.9 Å². The van der Waals surface area contributed by atoms with Crippen molar-refractivity contribution in [1.82, 2.24) is 5.10 Å². The topological polar surface area (TPSA) is 114 Å². The fraction of sp³-hybridized carbons (Fsp3) is 0.385. The molecular weight excluding hydrogens is 328 g/mol. The van der Waals surface area contributed by atoms with Crippen LogP contribution in [0.3, 0.4) is 0 Å². The van der Waals surface area contributed by atoms with E-state index in [2.05, 4.69) is 5.10 Å². The van der Waals surface area contributed by atoms with Crippen molar-refractivity contribution < 1.29 is 27.9 Å². The summed E-state index contributed by atoms with van der Waals surface area (Å²) >= 11 is 1.65. The van der Waals surface area contributed by atoms with Gasteiger partial charge in [-0.05, 0) is 31.5 Å². The summed E-state index contributed by atoms with van der Waals surface area (Å²) in [6.07, 6.45) is 0. The summed E-state index contributed by atoms with van der Waals surface area (Å²) in [4.78, 5) is -0.373. The fourth-order valence-corrected chi connectivity index (χ4v) is 3.22. The van der Waals surface area contributed by atoms with Gasteiger partial charge in [0.1, 0.15) is 22.5 Å². The maximum atomic E-state index is 10.5. The van der Waals surface area contributed by atoms with Gasteiger partial charge >= 0.3 is 0 Å². The molecule has 0 atom stereocenters. The van der Waals surface area contributed by atoms with Crippen LogP contribution < -0.4 is 4.68 Å². The second-order valence-electron chi connectivity index (χ2n) is 4.49. The predicted molar refractivity (Wildman–Crippen MR) is 79.7 cm³/mol. The standard InChI is InChI=1S/C7H8O4S.C6H11N2OS/c1-5-2-3-6(8)4-7(5)12(9,10)11;1-5-7-8(3-4-9)6(2)10-5/h2-4,8H,1H3,(H,9,10,11);9H,3-4H2,1-2H3/q;+1/p-1. The maximum absolute atomic E-state index is 10.5. The second-order valence-corrected chi connectivity index (χ2v) is 7.22. The SMILES string of the molecule is Cc1ccc(O)cc1S(=O)(=O)[O-].Cc1n[n+](CCO)c(C)s1. The zero-order valence-electron chi connectivity index (χ0n) is 12.5. The molecule has 0 bridgehead atoms. The number of hydrogen-bond acceptors (Lipinski definition) is 7. The molecule has 0 saturated heterocycles. The number of benzene rings is 1. The summed E-state index contributed by atoms with van der Waals surface area (Å²) in [5, 5.41) is 23.9. The molecule has 2 aromatic rings. The van der Waals surface area contributed by atoms with E-state index in [0.29, 0.717) is 12.1 Å². The molecule has 0 spiro atoms. The largest absolute Gasteiger partial charge is 0.744 e. The van der Waals surface area contributed by atoms with Crippen molar-refractivity contribution in [3.05, 3.63) is 33.8 Å². The average molecular weight is 346 g/mol. The smallest absolute Gasteiger partial charge is 0.262 e. The molecule has 1 aromatic carbocycles. The molecular formula is C13H18N2O5S2. The third-order valence-electron chi connectivity index (χ3n) is 2.67. The van der Waals surface area contributed by atoms with Crippen molar-refractivity contribution in [3.63, 3.8) is 0 Å². The Morgan fingerprint density at radius 3 is 2.36 bits per heavy atom. The van der Waals surface area contributed by atoms with Crippen LogP contribution in [0.1, 0.15) is 15.6 Å². The number of nitrogens with zero attached hydrogens (tertiary/aromatic N) is 2. The first-order chi connectivity index (χ1) is 10.1. The number of rotatable bonds is 3. The first kappa shape index (κ1) is 18.5. The number of aliphatic hydroxyl groups excluding tert-OH is 1. The summed E-state index contributed by atoms with van der Waals surface area (Å²) in [7, 11) is -4.47. The van der Waals surface area contributed by atoms with Crippen molar-refractivity contribution in [2.45, 2.75) is 32.2 Å². The number of aromatic nitrogens is 2. The van der Waals surface area contributed by atoms with Crippen LogP contribution in [0, 0.1) is 20.8 Å². The van der Waals surface area contributed by atoms with E-state index in [9.17, 15) is 13.0 Å². The Kier molecular flexibility index (Phi) is 6.42. The molecule has 7 nitrogen and oxygen atoms in total. The Morgan fingerprint density at radius 2 is 1.95 bits per heavy atom. The van der Waals surface area contributed by atoms with Crippen molar-refractivity contribution >= 4 is 21.5 Å². The Bertz CT molecular complexity index is 741. The highest BCUT2D eigenvalue weighted by atomic mass is 32.2. The molecule has 0 amide bonds. The van der Waals surface area contributed by atoms with Gasteiger partial charge in [-0.1, -0.05) is 22.1 Å². The molecule has 0 unspecified atom stereocenters. The lowest BCUT2D eigenvalue weighted by Crippen LogP contribution is -2.39. The Hall–Kier alpha value is -1.55. The molecule has 0 saturated carbocycles. The highest BCUT2D eigenvalue weighted by Crippen LogP contribution is 2.19. The van der Waals surface area contributed by atoms with Crippen LogP contribution in [0.4, 0.5) is 0 Å². The Labute approximate surface area is 133 Å². The van der Waals surface area contributed by atoms with Gasteiger partial charge < -0.3 is 14.8 Å². The van der Waals surface area contributed by atoms with Gasteiger partial charge in [-0.3, -0.25) is 0 Å². The van der Waals surface area contributed by atoms with Crippen LogP contribution in [0.2, 0.25) is 0 Å². The lowest BCUT2D eigenvalue weighted by atomic mass is 10.2. The van der Waals surface area contributed by atoms with Crippen LogP contribution in [0.5, 0.6) is 5.75 Å². The minimum absolute atomic E-state index is 0.161. The first-order valence-corrected chi connectivity index (χ1v) is 8.58. The van der Waals surface area contributed by atoms with E-state index in [-0.39, 0.29) is 17.3 Å². The number of aryl methyl sites for hydroxylation is 3. The summed E-state index contributed by atoms with van der Waals surface area (Å²) in [5.41, 5.74) is 0.336. The predicted octanol–water partition coefficient (Wildman–Crippen LogP) is 0.644. The van der Waals surface area contributed by atoms with Gasteiger partial charge in [-0.2, -0.15) is 0 Å². The molecule has 2 N–H and O–H groups in total. The zero-order chi connectivity index (χ0) is 16.9. The zero-order valence-corrected chi connectivity index (χ0v) is 14.1. The summed E-state index contributed by atoms with van der Waals surface area (Å²) in [5.74, 6) is -0.227. The van der Waals surface area contributed by atoms with E-state index in [1.54, 1.807) is 11.3 Å². The molecule has 0 aliphatic carbocycles. The van der Waals surface area contributed by atoms with E-state index in [0.717, 1.165) is 16.1 Å². The van der Waals surface area contributed by atoms with Gasteiger partial charge in [0, 0.05) is 12.0 Å². The van der Waals surface area contributed by atoms with E-state index in [4.69, 9.17) is 10.2 Å². The van der Waals surface area contributed by atoms with Crippen molar-refractivity contribution in [2.75, 3.05) is 6.61 Å². The Balaban J connectivity index is 0.000000224. The van der Waals surface area contributed by atoms with E-state index in [1.807, 2.05) is 18.5 Å². The van der Waals surface area contributed by atoms with Crippen LogP contribution >= 0.6 is 11.3 Å². The molecule has 22 heavy (non-hydrogen) atoms. The molecule has 9 heteroatoms. The highest BCUT2D eigenvalue weighted by Gasteiger charge is 2.10. The van der Waals surface area contributed by atoms with E-state index >= 15 is 0 Å². The molecule has 0 aliphatic rings. The second kappa shape index (κ2) is 7.63. The third-order valence-corrected chi connectivity index (χ3v) is 4.54. The Morgan fingerprint density at radius 1 is 1.32 bits per heavy atom. The first-order valence-electron chi connectivity index (χ1n) is 6.35. The van der Waals surface area contributed by atoms with Crippen molar-refractivity contribution in [2.24, 2.45) is 0 Å². The van der Waals surface area contributed by atoms with Crippen LogP contribution in [-0.2, 0) is 16.7 Å². The molecule has 0 fully saturated rings. The van der Waals surface area contributed by atoms with Crippen LogP contribution in [0.25, 0.3) is 0 Å². The normalized spacial score (nSPS) is 11.0. The number of aliphatic hydroxyl groups is 1. The van der Waals surface area contributed by atoms with E-state index in [1.165, 1.54) is 19.1 Å². The third kappa shape index (κ3) is 5.34. The molecule has 0 radical (unpaired) electrons. The van der Waals surface area contributed by atoms with Gasteiger partial charge in [-0.25, -0.2) is 8.42 Å². The lowest BCUT2D eigenvalue weighted by molar-refractivity contribution is -0.755. The lowest BCUT2D eigenvalue weighted by Gasteiger charge is -2.09. The quantitative estimate of drug-likeness (QED) is 0.623. The summed E-state index contributed by atoms with van der Waals surface area (Å²) < 4.78 is 33.4. The molecule has 1 aromatic heterocycles. The van der Waals surface area contributed by atoms with Crippen molar-refractivity contribution in [3.8, 4) is 5.75 Å². The molecule has 2 rings (SSSR count). The molecule has 1 heterocycles. The number of phenolic OH excluding ortho intramolecular Hbond substituents is 1. The highest BCUT2D eigenvalue weighted by molar-refractivity contribution is 7.85. The van der Waals surface area contributed by atoms with Crippen LogP contribution in [0.15, 0.2) is 23.1 Å². The minimum Gasteiger partial charge on any atom is -0.744 e. The average Bonchev–Trinajstić information content (AvgIpc) is 2.71. The van der Waals surface area contributed by atoms with Gasteiger partial charge in [0.05, 0.1) is 4.90 Å². The monoisotopic (exact) mass is 346 g/mol. The summed E-state index contributed by atoms with van der Waals surface area (Å²) in [6, 6.07) is 3.64. The van der Waals surface area contributed by atoms with Gasteiger partial charge in [0.25, 0.3) is 5.01 Å². The number of aromatic hydroxyl groups is 1. The summed E-state index contributed by atoms with van der Waals surface area (Å²) in [6.45, 7) is 6.22. The molecule has 0 aliphatic heterocycles.